The summed E-state index contributed by atoms with van der Waals surface area (Å²) in [4.78, 5) is 37.3. The standard InChI is InChI=1S/C23H29N5O5/c1-27-18-12-24-23(25-17-8-7-14(22(31)32)11-19(17)33-2)26-20(18)28(16-5-3-4-6-16)13-15(9-10-29)21(27)30/h7-8,11-12,15-16,29H,3-6,9-10,13H2,1-2H3,(H,31,32)(H,24,25,26). The summed E-state index contributed by atoms with van der Waals surface area (Å²) in [5.41, 5.74) is 1.28. The fraction of sp³-hybridized carbons (Fsp3) is 0.478. The van der Waals surface area contributed by atoms with Gasteiger partial charge in [0.25, 0.3) is 0 Å². The maximum atomic E-state index is 13.1. The van der Waals surface area contributed by atoms with Crippen molar-refractivity contribution in [2.45, 2.75) is 38.1 Å². The molecule has 1 unspecified atom stereocenters. The lowest BCUT2D eigenvalue weighted by molar-refractivity contribution is -0.122. The second kappa shape index (κ2) is 9.62. The van der Waals surface area contributed by atoms with Gasteiger partial charge in [-0.05, 0) is 37.5 Å². The highest BCUT2D eigenvalue weighted by Crippen LogP contribution is 2.38. The van der Waals surface area contributed by atoms with Gasteiger partial charge in [0.15, 0.2) is 5.82 Å². The quantitative estimate of drug-likeness (QED) is 0.577. The smallest absolute Gasteiger partial charge is 0.335 e. The van der Waals surface area contributed by atoms with Crippen molar-refractivity contribution in [2.24, 2.45) is 5.92 Å². The third-order valence-electron chi connectivity index (χ3n) is 6.42. The number of ether oxygens (including phenoxy) is 1. The number of benzene rings is 1. The van der Waals surface area contributed by atoms with Crippen molar-refractivity contribution in [1.29, 1.82) is 0 Å². The maximum Gasteiger partial charge on any atom is 0.335 e. The van der Waals surface area contributed by atoms with Crippen molar-refractivity contribution in [3.63, 3.8) is 0 Å². The Morgan fingerprint density at radius 3 is 2.73 bits per heavy atom. The Labute approximate surface area is 192 Å². The molecule has 10 heteroatoms. The molecule has 4 rings (SSSR count). The Hall–Kier alpha value is -3.40. The summed E-state index contributed by atoms with van der Waals surface area (Å²) in [6, 6.07) is 4.80. The van der Waals surface area contributed by atoms with E-state index in [1.165, 1.54) is 19.2 Å². The molecule has 1 atom stereocenters. The van der Waals surface area contributed by atoms with Gasteiger partial charge in [-0.1, -0.05) is 12.8 Å². The zero-order valence-electron chi connectivity index (χ0n) is 18.8. The zero-order chi connectivity index (χ0) is 23.5. The Bertz CT molecular complexity index is 1040. The van der Waals surface area contributed by atoms with E-state index in [0.29, 0.717) is 41.9 Å². The van der Waals surface area contributed by atoms with E-state index in [9.17, 15) is 19.8 Å². The van der Waals surface area contributed by atoms with E-state index in [4.69, 9.17) is 9.72 Å². The lowest BCUT2D eigenvalue weighted by atomic mass is 10.0. The first kappa shape index (κ1) is 22.8. The van der Waals surface area contributed by atoms with Crippen molar-refractivity contribution >= 4 is 35.0 Å². The topological polar surface area (TPSA) is 128 Å². The number of carboxylic acids is 1. The molecule has 33 heavy (non-hydrogen) atoms. The average molecular weight is 456 g/mol. The third-order valence-corrected chi connectivity index (χ3v) is 6.42. The number of aromatic carboxylic acids is 1. The highest BCUT2D eigenvalue weighted by molar-refractivity contribution is 5.99. The number of methoxy groups -OCH3 is 1. The van der Waals surface area contributed by atoms with Crippen LogP contribution in [0.4, 0.5) is 23.1 Å². The molecule has 2 aromatic rings. The number of nitrogens with zero attached hydrogens (tertiary/aromatic N) is 4. The molecule has 176 valence electrons. The summed E-state index contributed by atoms with van der Waals surface area (Å²) < 4.78 is 5.35. The molecule has 1 fully saturated rings. The molecular formula is C23H29N5O5. The molecule has 1 aliphatic carbocycles. The van der Waals surface area contributed by atoms with Crippen LogP contribution in [0, 0.1) is 5.92 Å². The first-order valence-electron chi connectivity index (χ1n) is 11.1. The van der Waals surface area contributed by atoms with Crippen LogP contribution in [0.1, 0.15) is 42.5 Å². The van der Waals surface area contributed by atoms with Gasteiger partial charge in [0.05, 0.1) is 30.5 Å². The maximum absolute atomic E-state index is 13.1. The van der Waals surface area contributed by atoms with Crippen LogP contribution in [0.3, 0.4) is 0 Å². The summed E-state index contributed by atoms with van der Waals surface area (Å²) in [6.45, 7) is 0.443. The molecule has 1 aliphatic heterocycles. The number of anilines is 4. The second-order valence-corrected chi connectivity index (χ2v) is 8.44. The van der Waals surface area contributed by atoms with E-state index in [2.05, 4.69) is 15.2 Å². The van der Waals surface area contributed by atoms with Crippen LogP contribution < -0.4 is 19.9 Å². The van der Waals surface area contributed by atoms with Crippen molar-refractivity contribution < 1.29 is 24.5 Å². The predicted molar refractivity (Wildman–Crippen MR) is 123 cm³/mol. The van der Waals surface area contributed by atoms with Gasteiger partial charge < -0.3 is 30.1 Å². The Morgan fingerprint density at radius 2 is 2.06 bits per heavy atom. The molecule has 1 amide bonds. The summed E-state index contributed by atoms with van der Waals surface area (Å²) in [5.74, 6) is -0.0674. The van der Waals surface area contributed by atoms with E-state index < -0.39 is 5.97 Å². The Morgan fingerprint density at radius 1 is 1.30 bits per heavy atom. The highest BCUT2D eigenvalue weighted by Gasteiger charge is 2.36. The van der Waals surface area contributed by atoms with Crippen LogP contribution >= 0.6 is 0 Å². The first-order chi connectivity index (χ1) is 15.9. The van der Waals surface area contributed by atoms with E-state index in [1.807, 2.05) is 0 Å². The number of fused-ring (bicyclic) bond motifs is 1. The summed E-state index contributed by atoms with van der Waals surface area (Å²) >= 11 is 0. The minimum Gasteiger partial charge on any atom is -0.495 e. The zero-order valence-corrected chi connectivity index (χ0v) is 18.8. The number of nitrogens with one attached hydrogen (secondary N) is 1. The Kier molecular flexibility index (Phi) is 6.64. The van der Waals surface area contributed by atoms with E-state index in [-0.39, 0.29) is 30.0 Å². The van der Waals surface area contributed by atoms with Crippen molar-refractivity contribution in [2.75, 3.05) is 42.4 Å². The fourth-order valence-corrected chi connectivity index (χ4v) is 4.63. The fourth-order valence-electron chi connectivity index (χ4n) is 4.63. The van der Waals surface area contributed by atoms with Gasteiger partial charge in [-0.15, -0.1) is 0 Å². The third kappa shape index (κ3) is 4.56. The molecule has 3 N–H and O–H groups in total. The minimum atomic E-state index is -1.04. The molecular weight excluding hydrogens is 426 g/mol. The molecule has 10 nitrogen and oxygen atoms in total. The van der Waals surface area contributed by atoms with Crippen LogP contribution in [0.15, 0.2) is 24.4 Å². The lowest BCUT2D eigenvalue weighted by Gasteiger charge is -2.31. The number of rotatable bonds is 7. The van der Waals surface area contributed by atoms with Gasteiger partial charge in [-0.25, -0.2) is 9.78 Å². The van der Waals surface area contributed by atoms with Gasteiger partial charge in [0, 0.05) is 26.2 Å². The summed E-state index contributed by atoms with van der Waals surface area (Å²) in [6.07, 6.45) is 6.35. The lowest BCUT2D eigenvalue weighted by Crippen LogP contribution is -2.40. The van der Waals surface area contributed by atoms with Gasteiger partial charge in [0.1, 0.15) is 11.4 Å². The second-order valence-electron chi connectivity index (χ2n) is 8.44. The molecule has 0 saturated heterocycles. The van der Waals surface area contributed by atoms with E-state index in [0.717, 1.165) is 25.7 Å². The van der Waals surface area contributed by atoms with Crippen molar-refractivity contribution in [3.8, 4) is 5.75 Å². The summed E-state index contributed by atoms with van der Waals surface area (Å²) in [7, 11) is 3.18. The molecule has 0 bridgehead atoms. The van der Waals surface area contributed by atoms with Crippen LogP contribution in [0.2, 0.25) is 0 Å². The minimum absolute atomic E-state index is 0.0519. The van der Waals surface area contributed by atoms with Crippen LogP contribution in [0.25, 0.3) is 0 Å². The van der Waals surface area contributed by atoms with Crippen molar-refractivity contribution in [3.05, 3.63) is 30.0 Å². The summed E-state index contributed by atoms with van der Waals surface area (Å²) in [5, 5.41) is 21.9. The number of hydrogen-bond acceptors (Lipinski definition) is 8. The first-order valence-corrected chi connectivity index (χ1v) is 11.1. The van der Waals surface area contributed by atoms with Crippen LogP contribution in [-0.4, -0.2) is 65.4 Å². The predicted octanol–water partition coefficient (Wildman–Crippen LogP) is 2.65. The number of carboxylic acid groups (broad SMARTS) is 1. The number of aromatic nitrogens is 2. The van der Waals surface area contributed by atoms with Crippen LogP contribution in [-0.2, 0) is 4.79 Å². The molecule has 0 spiro atoms. The molecule has 0 radical (unpaired) electrons. The van der Waals surface area contributed by atoms with Gasteiger partial charge in [-0.3, -0.25) is 4.79 Å². The SMILES string of the molecule is COc1cc(C(=O)O)ccc1Nc1ncc2c(n1)N(C1CCCC1)CC(CCO)C(=O)N2C. The average Bonchev–Trinajstić information content (AvgIpc) is 3.32. The van der Waals surface area contributed by atoms with Crippen LogP contribution in [0.5, 0.6) is 5.75 Å². The molecule has 1 saturated carbocycles. The van der Waals surface area contributed by atoms with E-state index in [1.54, 1.807) is 24.2 Å². The molecule has 2 aliphatic rings. The number of aliphatic hydroxyl groups is 1. The highest BCUT2D eigenvalue weighted by atomic mass is 16.5. The number of aliphatic hydroxyl groups excluding tert-OH is 1. The van der Waals surface area contributed by atoms with Gasteiger partial charge in [-0.2, -0.15) is 4.98 Å². The normalized spacial score (nSPS) is 18.8. The molecule has 1 aromatic heterocycles. The monoisotopic (exact) mass is 455 g/mol. The Balaban J connectivity index is 1.71. The van der Waals surface area contributed by atoms with Crippen molar-refractivity contribution in [1.82, 2.24) is 9.97 Å². The molecule has 1 aromatic carbocycles. The van der Waals surface area contributed by atoms with Gasteiger partial charge in [0.2, 0.25) is 11.9 Å². The largest absolute Gasteiger partial charge is 0.495 e. The number of carbonyl (C=O) groups is 2. The number of hydrogen-bond donors (Lipinski definition) is 3. The van der Waals surface area contributed by atoms with Gasteiger partial charge >= 0.3 is 5.97 Å². The number of carbonyl (C=O) groups excluding carboxylic acids is 1. The number of amides is 1. The molecule has 2 heterocycles. The van der Waals surface area contributed by atoms with E-state index >= 15 is 0 Å².